The fraction of sp³-hybridized carbons (Fsp3) is 0.952. The van der Waals surface area contributed by atoms with Gasteiger partial charge in [-0.1, -0.05) is 13.8 Å². The molecule has 0 aromatic heterocycles. The Morgan fingerprint density at radius 1 is 1.24 bits per heavy atom. The van der Waals surface area contributed by atoms with Gasteiger partial charge in [0.05, 0.1) is 6.61 Å². The highest BCUT2D eigenvalue weighted by atomic mass is 16.6. The van der Waals surface area contributed by atoms with E-state index in [1.165, 1.54) is 6.42 Å². The number of ether oxygens (including phenoxy) is 1. The third-order valence-corrected chi connectivity index (χ3v) is 9.49. The number of Topliss-reactive ketones (excluding diaryl/α,β-unsaturated/α-hetero) is 1. The maximum atomic E-state index is 12.7. The van der Waals surface area contributed by atoms with Crippen molar-refractivity contribution in [3.63, 3.8) is 0 Å². The van der Waals surface area contributed by atoms with Crippen molar-refractivity contribution in [2.75, 3.05) is 6.61 Å². The highest BCUT2D eigenvalue weighted by Gasteiger charge is 2.68. The minimum atomic E-state index is -1.32. The summed E-state index contributed by atoms with van der Waals surface area (Å²) in [7, 11) is 0. The smallest absolute Gasteiger partial charge is 0.192 e. The third-order valence-electron chi connectivity index (χ3n) is 9.49. The Bertz CT molecular complexity index is 605. The van der Waals surface area contributed by atoms with Crippen LogP contribution in [0.25, 0.3) is 0 Å². The molecule has 0 aromatic carbocycles. The second-order valence-corrected chi connectivity index (χ2v) is 10.1. The monoisotopic (exact) mass is 348 g/mol. The molecule has 1 spiro atoms. The number of aliphatic hydroxyl groups excluding tert-OH is 1. The summed E-state index contributed by atoms with van der Waals surface area (Å²) in [5.74, 6) is 1.55. The zero-order chi connectivity index (χ0) is 17.6. The van der Waals surface area contributed by atoms with Crippen LogP contribution in [0.15, 0.2) is 0 Å². The first-order chi connectivity index (χ1) is 11.8. The van der Waals surface area contributed by atoms with Crippen molar-refractivity contribution in [2.45, 2.75) is 77.1 Å². The van der Waals surface area contributed by atoms with E-state index in [2.05, 4.69) is 13.8 Å². The topological polar surface area (TPSA) is 66.8 Å². The lowest BCUT2D eigenvalue weighted by Gasteiger charge is -2.60. The first-order valence-electron chi connectivity index (χ1n) is 10.4. The molecule has 140 valence electrons. The number of hydrogen-bond acceptors (Lipinski definition) is 4. The molecule has 4 saturated carbocycles. The van der Waals surface area contributed by atoms with Crippen molar-refractivity contribution in [3.05, 3.63) is 0 Å². The van der Waals surface area contributed by atoms with Gasteiger partial charge in [0.1, 0.15) is 11.9 Å². The predicted molar refractivity (Wildman–Crippen MR) is 92.5 cm³/mol. The summed E-state index contributed by atoms with van der Waals surface area (Å²) < 4.78 is 5.82. The highest BCUT2D eigenvalue weighted by Crippen LogP contribution is 2.69. The fourth-order valence-electron chi connectivity index (χ4n) is 8.33. The number of ketones is 1. The minimum absolute atomic E-state index is 0.0333. The normalized spacial score (nSPS) is 60.1. The van der Waals surface area contributed by atoms with Gasteiger partial charge in [0.2, 0.25) is 0 Å². The van der Waals surface area contributed by atoms with Crippen LogP contribution in [-0.2, 0) is 9.53 Å². The molecule has 4 heteroatoms. The van der Waals surface area contributed by atoms with Crippen molar-refractivity contribution in [2.24, 2.45) is 40.4 Å². The van der Waals surface area contributed by atoms with Gasteiger partial charge in [0.25, 0.3) is 0 Å². The van der Waals surface area contributed by atoms with Crippen molar-refractivity contribution in [3.8, 4) is 0 Å². The van der Waals surface area contributed by atoms with Crippen LogP contribution in [0.5, 0.6) is 0 Å². The molecule has 9 atom stereocenters. The standard InChI is InChI=1S/C21H32O4/c1-3-14-17(22)9-16-13-5-4-12-8-18(23)21(24)10-20(12,11-25-21)15(13)6-7-19(14,16)2/h12-16,18,23-24H,3-11H2,1-2H3/t12?,13?,14-,15?,16?,18+,19+,20+,21-/m1/s1. The molecule has 2 N–H and O–H groups in total. The predicted octanol–water partition coefficient (Wildman–Crippen LogP) is 2.90. The van der Waals surface area contributed by atoms with E-state index in [-0.39, 0.29) is 16.7 Å². The molecule has 1 aliphatic heterocycles. The summed E-state index contributed by atoms with van der Waals surface area (Å²) in [4.78, 5) is 12.7. The van der Waals surface area contributed by atoms with Gasteiger partial charge in [-0.3, -0.25) is 4.79 Å². The van der Waals surface area contributed by atoms with Crippen LogP contribution < -0.4 is 0 Å². The summed E-state index contributed by atoms with van der Waals surface area (Å²) in [6.07, 6.45) is 6.89. The molecular weight excluding hydrogens is 316 g/mol. The molecule has 1 heterocycles. The third kappa shape index (κ3) is 1.92. The van der Waals surface area contributed by atoms with Crippen molar-refractivity contribution < 1.29 is 19.7 Å². The van der Waals surface area contributed by atoms with E-state index in [0.29, 0.717) is 48.9 Å². The molecule has 1 saturated heterocycles. The maximum Gasteiger partial charge on any atom is 0.192 e. The van der Waals surface area contributed by atoms with Crippen LogP contribution in [0.4, 0.5) is 0 Å². The zero-order valence-corrected chi connectivity index (χ0v) is 15.5. The van der Waals surface area contributed by atoms with E-state index in [1.54, 1.807) is 0 Å². The van der Waals surface area contributed by atoms with Gasteiger partial charge < -0.3 is 14.9 Å². The van der Waals surface area contributed by atoms with E-state index in [4.69, 9.17) is 4.74 Å². The number of fused-ring (bicyclic) bond motifs is 4. The molecular formula is C21H32O4. The molecule has 5 fully saturated rings. The van der Waals surface area contributed by atoms with E-state index < -0.39 is 11.9 Å². The van der Waals surface area contributed by atoms with Gasteiger partial charge >= 0.3 is 0 Å². The Labute approximate surface area is 150 Å². The van der Waals surface area contributed by atoms with Gasteiger partial charge in [-0.25, -0.2) is 0 Å². The first-order valence-corrected chi connectivity index (χ1v) is 10.4. The molecule has 0 radical (unpaired) electrons. The van der Waals surface area contributed by atoms with Crippen molar-refractivity contribution >= 4 is 5.78 Å². The fourth-order valence-corrected chi connectivity index (χ4v) is 8.33. The Kier molecular flexibility index (Phi) is 3.39. The van der Waals surface area contributed by atoms with Crippen LogP contribution in [0.1, 0.15) is 65.2 Å². The molecule has 0 amide bonds. The molecule has 4 nitrogen and oxygen atoms in total. The summed E-state index contributed by atoms with van der Waals surface area (Å²) in [5, 5.41) is 21.1. The lowest BCUT2D eigenvalue weighted by Crippen LogP contribution is -2.58. The number of aliphatic hydroxyl groups is 2. The summed E-state index contributed by atoms with van der Waals surface area (Å²) in [6, 6.07) is 0. The van der Waals surface area contributed by atoms with Gasteiger partial charge in [-0.15, -0.1) is 0 Å². The maximum absolute atomic E-state index is 12.7. The van der Waals surface area contributed by atoms with Gasteiger partial charge in [0, 0.05) is 24.2 Å². The summed E-state index contributed by atoms with van der Waals surface area (Å²) >= 11 is 0. The Morgan fingerprint density at radius 2 is 2.04 bits per heavy atom. The number of carbonyl (C=O) groups is 1. The molecule has 25 heavy (non-hydrogen) atoms. The van der Waals surface area contributed by atoms with E-state index >= 15 is 0 Å². The van der Waals surface area contributed by atoms with Crippen LogP contribution in [0.3, 0.4) is 0 Å². The Balaban J connectivity index is 1.50. The van der Waals surface area contributed by atoms with Crippen LogP contribution in [0, 0.1) is 40.4 Å². The lowest BCUT2D eigenvalue weighted by molar-refractivity contribution is -0.242. The summed E-state index contributed by atoms with van der Waals surface area (Å²) in [5.41, 5.74) is 0.214. The molecule has 4 aliphatic carbocycles. The first kappa shape index (κ1) is 16.7. The SMILES string of the molecule is CC[C@@H]1C(=O)CC2C3CCC4C[C@H](O)[C@@]5(O)C[C@@]4(CO5)C3CC[C@]21C. The quantitative estimate of drug-likeness (QED) is 0.765. The number of hydrogen-bond donors (Lipinski definition) is 2. The van der Waals surface area contributed by atoms with Crippen LogP contribution >= 0.6 is 0 Å². The van der Waals surface area contributed by atoms with Gasteiger partial charge in [-0.2, -0.15) is 0 Å². The van der Waals surface area contributed by atoms with Gasteiger partial charge in [-0.05, 0) is 67.6 Å². The average molecular weight is 348 g/mol. The van der Waals surface area contributed by atoms with Gasteiger partial charge in [0.15, 0.2) is 5.79 Å². The number of rotatable bonds is 1. The Morgan fingerprint density at radius 3 is 2.80 bits per heavy atom. The van der Waals surface area contributed by atoms with Crippen molar-refractivity contribution in [1.29, 1.82) is 0 Å². The van der Waals surface area contributed by atoms with E-state index in [9.17, 15) is 15.0 Å². The van der Waals surface area contributed by atoms with Crippen LogP contribution in [-0.4, -0.2) is 34.5 Å². The van der Waals surface area contributed by atoms with Crippen LogP contribution in [0.2, 0.25) is 0 Å². The highest BCUT2D eigenvalue weighted by molar-refractivity contribution is 5.84. The summed E-state index contributed by atoms with van der Waals surface area (Å²) in [6.45, 7) is 5.15. The lowest BCUT2D eigenvalue weighted by atomic mass is 9.44. The largest absolute Gasteiger partial charge is 0.388 e. The van der Waals surface area contributed by atoms with Crippen molar-refractivity contribution in [1.82, 2.24) is 0 Å². The van der Waals surface area contributed by atoms with E-state index in [0.717, 1.165) is 32.1 Å². The second kappa shape index (κ2) is 5.08. The minimum Gasteiger partial charge on any atom is -0.388 e. The second-order valence-electron chi connectivity index (χ2n) is 10.1. The Hall–Kier alpha value is -0.450. The van der Waals surface area contributed by atoms with E-state index in [1.807, 2.05) is 0 Å². The molecule has 0 aromatic rings. The number of carbonyl (C=O) groups excluding carboxylic acids is 1. The molecule has 5 aliphatic rings. The zero-order valence-electron chi connectivity index (χ0n) is 15.5. The average Bonchev–Trinajstić information content (AvgIpc) is 3.02. The molecule has 4 unspecified atom stereocenters. The molecule has 2 bridgehead atoms. The molecule has 5 rings (SSSR count).